The molecule has 0 radical (unpaired) electrons. The zero-order chi connectivity index (χ0) is 66.1. The van der Waals surface area contributed by atoms with Gasteiger partial charge in [0.1, 0.15) is 5.78 Å². The fraction of sp³-hybridized carbons (Fsp3) is 0.722. The molecule has 1 saturated carbocycles. The van der Waals surface area contributed by atoms with Gasteiger partial charge in [-0.1, -0.05) is 151 Å². The monoisotopic (exact) mass is 1250 g/mol. The van der Waals surface area contributed by atoms with Crippen LogP contribution in [-0.2, 0) is 32.8 Å². The summed E-state index contributed by atoms with van der Waals surface area (Å²) in [5.41, 5.74) is 23.3. The van der Waals surface area contributed by atoms with Crippen LogP contribution in [0.4, 0.5) is 0 Å². The summed E-state index contributed by atoms with van der Waals surface area (Å²) in [7, 11) is 7.31. The lowest BCUT2D eigenvalue weighted by molar-refractivity contribution is -0.123. The van der Waals surface area contributed by atoms with Gasteiger partial charge in [0.05, 0.1) is 18.6 Å². The lowest BCUT2D eigenvalue weighted by Gasteiger charge is -2.35. The van der Waals surface area contributed by atoms with Crippen LogP contribution in [0, 0.1) is 5.92 Å². The number of Topliss-reactive ketones (excluding diaryl/α,β-unsaturated/α-hetero) is 1. The van der Waals surface area contributed by atoms with Gasteiger partial charge in [-0.3, -0.25) is 9.59 Å². The molecule has 0 unspecified atom stereocenters. The van der Waals surface area contributed by atoms with Crippen molar-refractivity contribution in [1.29, 1.82) is 0 Å². The number of unbranched alkanes of at least 4 members (excludes halogenated alkanes) is 1. The van der Waals surface area contributed by atoms with Crippen LogP contribution in [0.5, 0.6) is 0 Å². The van der Waals surface area contributed by atoms with Gasteiger partial charge in [-0.25, -0.2) is 0 Å². The Morgan fingerprint density at radius 1 is 0.607 bits per heavy atom. The van der Waals surface area contributed by atoms with Crippen molar-refractivity contribution >= 4 is 11.7 Å². The smallest absolute Gasteiger partial charge is 0.231 e. The van der Waals surface area contributed by atoms with Crippen molar-refractivity contribution in [2.24, 2.45) is 28.9 Å². The summed E-state index contributed by atoms with van der Waals surface area (Å²) < 4.78 is 4.57. The van der Waals surface area contributed by atoms with Gasteiger partial charge in [0.15, 0.2) is 0 Å². The van der Waals surface area contributed by atoms with E-state index in [0.717, 1.165) is 89.7 Å². The van der Waals surface area contributed by atoms with E-state index in [1.807, 2.05) is 51.5 Å². The molecule has 17 heteroatoms. The van der Waals surface area contributed by atoms with Gasteiger partial charge < -0.3 is 80.0 Å². The van der Waals surface area contributed by atoms with Crippen LogP contribution < -0.4 is 65.5 Å². The minimum atomic E-state index is -0.468. The second kappa shape index (κ2) is 65.7. The maximum Gasteiger partial charge on any atom is 0.231 e. The van der Waals surface area contributed by atoms with Crippen molar-refractivity contribution < 1.29 is 14.3 Å². The number of nitrogens with zero attached hydrogens (tertiary/aromatic N) is 2. The van der Waals surface area contributed by atoms with Gasteiger partial charge >= 0.3 is 0 Å². The summed E-state index contributed by atoms with van der Waals surface area (Å²) in [6.45, 7) is 34.2. The first-order valence-electron chi connectivity index (χ1n) is 34.9. The van der Waals surface area contributed by atoms with E-state index >= 15 is 0 Å². The third kappa shape index (κ3) is 50.5. The Morgan fingerprint density at radius 3 is 1.46 bits per heavy atom. The number of methoxy groups -OCH3 is 1. The molecule has 5 heterocycles. The van der Waals surface area contributed by atoms with E-state index in [9.17, 15) is 9.59 Å². The van der Waals surface area contributed by atoms with E-state index in [2.05, 4.69) is 158 Å². The van der Waals surface area contributed by atoms with E-state index in [1.165, 1.54) is 172 Å². The Balaban J connectivity index is 0. The molecule has 3 aromatic carbocycles. The fourth-order valence-electron chi connectivity index (χ4n) is 10.7. The Morgan fingerprint density at radius 2 is 1.09 bits per heavy atom. The summed E-state index contributed by atoms with van der Waals surface area (Å²) in [4.78, 5) is 26.6. The molecule has 9 rings (SSSR count). The number of likely N-dealkylation sites (tertiary alicyclic amines) is 2. The van der Waals surface area contributed by atoms with E-state index < -0.39 is 5.91 Å². The number of ketones is 1. The molecule has 5 saturated heterocycles. The van der Waals surface area contributed by atoms with Crippen molar-refractivity contribution in [1.82, 2.24) is 52.3 Å². The Kier molecular flexibility index (Phi) is 64.5. The summed E-state index contributed by atoms with van der Waals surface area (Å²) in [6, 6.07) is 32.8. The number of nitrogens with one attached hydrogen (secondary N) is 8. The molecule has 6 aliphatic rings. The Bertz CT molecular complexity index is 1800. The standard InChI is InChI=1S/C14H15N.C13H17NO.2C9H18N2.C7H15N.C6H15N.C4H11N.C3H9NO.C3H9N.C2H6N2O.C2H7N/c1-3-7-13(8-4-1)11-15-12-14-9-5-2-6-10-14;1-11(15)13(7-9-14-10-8-13)12-5-3-2-4-6-12;1-2-8-11(7-1)9-3-5-10-6-4-9;1-2-7-11(6-1)8-9-4-3-5-10-9;8-6-7-4-2-1-3-5-7;1-3-5-6-7-4-2;1-3-5-4-2;1-5-3-2-4;1-3-4-2;3-1-2(4)5;1-3-2/h1-10,15H,11-12H2;2-6,14H,7-10H2,1H3;2*9-10H,1-8H2;7H,1-6,8H2;7H,3-6H2,1-2H3;5H,3-4H2,1-2H3;2-4H2,1H3;4H,3H2,1-2H3;1,3H2,(H2,4,5);3H,1-2H3/t;;;9-;;;;;;;/m...0......./s1. The first-order chi connectivity index (χ1) is 43.4. The second-order valence-corrected chi connectivity index (χ2v) is 23.4. The molecule has 3 aromatic rings. The lowest BCUT2D eigenvalue weighted by atomic mass is 9.70. The number of benzene rings is 3. The zero-order valence-electron chi connectivity index (χ0n) is 58.7. The molecule has 6 fully saturated rings. The predicted octanol–water partition coefficient (Wildman–Crippen LogP) is 8.16. The number of carbonyl (C=O) groups is 2. The summed E-state index contributed by atoms with van der Waals surface area (Å²) >= 11 is 0. The van der Waals surface area contributed by atoms with E-state index in [-0.39, 0.29) is 12.0 Å². The maximum atomic E-state index is 11.9. The first kappa shape index (κ1) is 87.3. The highest BCUT2D eigenvalue weighted by Gasteiger charge is 2.38. The van der Waals surface area contributed by atoms with Crippen LogP contribution >= 0.6 is 0 Å². The maximum absolute atomic E-state index is 11.9. The summed E-state index contributed by atoms with van der Waals surface area (Å²) in [5, 5.41) is 25.7. The number of ether oxygens (including phenoxy) is 1. The molecule has 0 aromatic heterocycles. The highest BCUT2D eigenvalue weighted by atomic mass is 16.5. The highest BCUT2D eigenvalue weighted by molar-refractivity contribution is 5.88. The normalized spacial score (nSPS) is 17.6. The SMILES string of the molecule is C1CCN(C2CCNCC2)C1.C1CN[C@H](CN2CCCC2)C1.CC(=O)C1(c2ccccc2)CCNCC1.CCCCNCC.CCNC.CCNCC.CNC.COCCN.NCC(N)=O.NCC1CCCCC1.c1ccc(CNCc2ccccc2)cc1. The molecule has 5 aliphatic heterocycles. The second-order valence-electron chi connectivity index (χ2n) is 23.4. The molecule has 0 bridgehead atoms. The third-order valence-corrected chi connectivity index (χ3v) is 16.0. The predicted molar refractivity (Wildman–Crippen MR) is 385 cm³/mol. The van der Waals surface area contributed by atoms with Crippen molar-refractivity contribution in [3.63, 3.8) is 0 Å². The first-order valence-corrected chi connectivity index (χ1v) is 34.9. The van der Waals surface area contributed by atoms with Gasteiger partial charge in [-0.15, -0.1) is 0 Å². The number of nitrogens with two attached hydrogens (primary N) is 4. The lowest BCUT2D eigenvalue weighted by Crippen LogP contribution is -2.44. The number of hydrogen-bond acceptors (Lipinski definition) is 16. The topological polar surface area (TPSA) is 250 Å². The van der Waals surface area contributed by atoms with Gasteiger partial charge in [-0.05, 0) is 232 Å². The van der Waals surface area contributed by atoms with Crippen LogP contribution in [0.3, 0.4) is 0 Å². The van der Waals surface area contributed by atoms with Crippen LogP contribution in [0.2, 0.25) is 0 Å². The van der Waals surface area contributed by atoms with Crippen LogP contribution in [0.25, 0.3) is 0 Å². The molecule has 16 N–H and O–H groups in total. The average molecular weight is 1250 g/mol. The average Bonchev–Trinajstić information content (AvgIpc) is 3.43. The molecule has 516 valence electrons. The largest absolute Gasteiger partial charge is 0.383 e. The van der Waals surface area contributed by atoms with E-state index in [1.54, 1.807) is 14.0 Å². The van der Waals surface area contributed by atoms with Crippen molar-refractivity contribution in [2.45, 2.75) is 181 Å². The van der Waals surface area contributed by atoms with E-state index in [4.69, 9.17) is 17.2 Å². The number of carbonyl (C=O) groups excluding carboxylic acids is 2. The minimum absolute atomic E-state index is 0.0556. The van der Waals surface area contributed by atoms with Gasteiger partial charge in [0.25, 0.3) is 0 Å². The van der Waals surface area contributed by atoms with Gasteiger partial charge in [-0.2, -0.15) is 0 Å². The molecule has 1 aliphatic carbocycles. The fourth-order valence-corrected chi connectivity index (χ4v) is 10.7. The number of piperidine rings is 2. The Labute approximate surface area is 546 Å². The van der Waals surface area contributed by atoms with Crippen molar-refractivity contribution in [3.8, 4) is 0 Å². The summed E-state index contributed by atoms with van der Waals surface area (Å²) in [6.07, 6.45) is 22.8. The molecule has 0 spiro atoms. The molecule has 17 nitrogen and oxygen atoms in total. The van der Waals surface area contributed by atoms with Gasteiger partial charge in [0, 0.05) is 45.4 Å². The number of amides is 1. The molecule has 1 amide bonds. The number of hydrogen-bond donors (Lipinski definition) is 12. The van der Waals surface area contributed by atoms with Crippen molar-refractivity contribution in [2.75, 3.05) is 153 Å². The molecular formula is C72H140N14O3. The Hall–Kier alpha value is -3.76. The molecule has 1 atom stereocenters. The van der Waals surface area contributed by atoms with Gasteiger partial charge in [0.2, 0.25) is 5.91 Å². The number of rotatable bonds is 20. The van der Waals surface area contributed by atoms with Crippen LogP contribution in [0.1, 0.15) is 167 Å². The number of primary amides is 1. The van der Waals surface area contributed by atoms with E-state index in [0.29, 0.717) is 18.9 Å². The molecule has 89 heavy (non-hydrogen) atoms. The third-order valence-electron chi connectivity index (χ3n) is 16.0. The zero-order valence-corrected chi connectivity index (χ0v) is 58.7. The summed E-state index contributed by atoms with van der Waals surface area (Å²) in [5.74, 6) is 0.698. The van der Waals surface area contributed by atoms with Crippen LogP contribution in [0.15, 0.2) is 91.0 Å². The minimum Gasteiger partial charge on any atom is -0.383 e. The highest BCUT2D eigenvalue weighted by Crippen LogP contribution is 2.34. The van der Waals surface area contributed by atoms with Crippen molar-refractivity contribution in [3.05, 3.63) is 108 Å². The quantitative estimate of drug-likeness (QED) is 0.0477. The van der Waals surface area contributed by atoms with Crippen LogP contribution in [-0.4, -0.2) is 186 Å². The molecular weight excluding hydrogens is 1110 g/mol.